The first-order valence-corrected chi connectivity index (χ1v) is 4.29. The number of carbonyl (C=O) groups is 2. The van der Waals surface area contributed by atoms with Gasteiger partial charge in [-0.1, -0.05) is 0 Å². The van der Waals surface area contributed by atoms with Crippen molar-refractivity contribution in [2.45, 2.75) is 18.8 Å². The first-order chi connectivity index (χ1) is 7.09. The zero-order valence-corrected chi connectivity index (χ0v) is 7.83. The van der Waals surface area contributed by atoms with Gasteiger partial charge in [-0.25, -0.2) is 0 Å². The van der Waals surface area contributed by atoms with Gasteiger partial charge in [0.15, 0.2) is 0 Å². The van der Waals surface area contributed by atoms with Gasteiger partial charge in [-0.2, -0.15) is 0 Å². The molecule has 0 aliphatic carbocycles. The molecule has 0 aliphatic heterocycles. The molecule has 2 N–H and O–H groups in total. The van der Waals surface area contributed by atoms with E-state index in [0.717, 1.165) is 0 Å². The third-order valence-electron chi connectivity index (χ3n) is 1.84. The van der Waals surface area contributed by atoms with Gasteiger partial charge in [0, 0.05) is 24.5 Å². The summed E-state index contributed by atoms with van der Waals surface area (Å²) in [4.78, 5) is 28.7. The Morgan fingerprint density at radius 3 is 2.20 bits per heavy atom. The molecular weight excluding hydrogens is 200 g/mol. The fourth-order valence-corrected chi connectivity index (χ4v) is 1.22. The molecule has 0 aromatic carbocycles. The van der Waals surface area contributed by atoms with Gasteiger partial charge in [-0.05, 0) is 0 Å². The monoisotopic (exact) mass is 210 g/mol. The Labute approximate surface area is 85.6 Å². The van der Waals surface area contributed by atoms with E-state index >= 15 is 0 Å². The highest BCUT2D eigenvalue weighted by Crippen LogP contribution is 2.20. The van der Waals surface area contributed by atoms with Crippen LogP contribution in [-0.2, 0) is 9.59 Å². The summed E-state index contributed by atoms with van der Waals surface area (Å²) in [6.07, 6.45) is 3.72. The molecule has 0 amide bonds. The summed E-state index contributed by atoms with van der Waals surface area (Å²) in [5, 5.41) is 17.2. The second-order valence-corrected chi connectivity index (χ2v) is 3.02. The number of aromatic nitrogens is 2. The van der Waals surface area contributed by atoms with Crippen LogP contribution in [0, 0.1) is 0 Å². The molecule has 0 atom stereocenters. The molecule has 0 unspecified atom stereocenters. The molecule has 80 valence electrons. The zero-order valence-electron chi connectivity index (χ0n) is 7.83. The first kappa shape index (κ1) is 11.1. The highest BCUT2D eigenvalue weighted by molar-refractivity contribution is 5.72. The van der Waals surface area contributed by atoms with Crippen LogP contribution >= 0.6 is 0 Å². The van der Waals surface area contributed by atoms with Gasteiger partial charge in [0.1, 0.15) is 0 Å². The number of carboxylic acids is 2. The maximum Gasteiger partial charge on any atom is 0.304 e. The minimum atomic E-state index is -1.05. The van der Waals surface area contributed by atoms with E-state index in [9.17, 15) is 9.59 Å². The number of aliphatic carboxylic acids is 2. The van der Waals surface area contributed by atoms with E-state index in [1.807, 2.05) is 0 Å². The normalized spacial score (nSPS) is 10.2. The molecule has 15 heavy (non-hydrogen) atoms. The summed E-state index contributed by atoms with van der Waals surface area (Å²) in [5.41, 5.74) is 0.391. The van der Waals surface area contributed by atoms with Crippen molar-refractivity contribution in [2.75, 3.05) is 0 Å². The Morgan fingerprint density at radius 2 is 1.80 bits per heavy atom. The molecule has 1 aromatic heterocycles. The van der Waals surface area contributed by atoms with Crippen LogP contribution in [0.5, 0.6) is 0 Å². The average Bonchev–Trinajstić information content (AvgIpc) is 2.17. The third-order valence-corrected chi connectivity index (χ3v) is 1.84. The SMILES string of the molecule is O=C(O)CC(CC(=O)O)c1cnccn1. The van der Waals surface area contributed by atoms with Crippen molar-refractivity contribution in [3.05, 3.63) is 24.3 Å². The van der Waals surface area contributed by atoms with Gasteiger partial charge in [-0.15, -0.1) is 0 Å². The molecule has 0 fully saturated rings. The van der Waals surface area contributed by atoms with Crippen LogP contribution in [0.4, 0.5) is 0 Å². The van der Waals surface area contributed by atoms with E-state index in [-0.39, 0.29) is 12.8 Å². The average molecular weight is 210 g/mol. The summed E-state index contributed by atoms with van der Waals surface area (Å²) < 4.78 is 0. The van der Waals surface area contributed by atoms with Crippen molar-refractivity contribution in [1.29, 1.82) is 0 Å². The Kier molecular flexibility index (Phi) is 3.73. The number of hydrogen-bond acceptors (Lipinski definition) is 4. The fraction of sp³-hybridized carbons (Fsp3) is 0.333. The minimum Gasteiger partial charge on any atom is -0.481 e. The van der Waals surface area contributed by atoms with Crippen LogP contribution in [0.1, 0.15) is 24.5 Å². The van der Waals surface area contributed by atoms with E-state index in [0.29, 0.717) is 5.69 Å². The molecule has 6 nitrogen and oxygen atoms in total. The van der Waals surface area contributed by atoms with Crippen LogP contribution in [0.3, 0.4) is 0 Å². The van der Waals surface area contributed by atoms with Crippen molar-refractivity contribution < 1.29 is 19.8 Å². The van der Waals surface area contributed by atoms with Crippen molar-refractivity contribution in [3.63, 3.8) is 0 Å². The predicted octanol–water partition coefficient (Wildman–Crippen LogP) is 0.510. The molecule has 1 aromatic rings. The van der Waals surface area contributed by atoms with Gasteiger partial charge >= 0.3 is 11.9 Å². The van der Waals surface area contributed by atoms with Crippen molar-refractivity contribution in [2.24, 2.45) is 0 Å². The highest BCUT2D eigenvalue weighted by Gasteiger charge is 2.20. The van der Waals surface area contributed by atoms with E-state index < -0.39 is 17.9 Å². The molecule has 0 radical (unpaired) electrons. The highest BCUT2D eigenvalue weighted by atomic mass is 16.4. The zero-order chi connectivity index (χ0) is 11.3. The molecular formula is C9H10N2O4. The van der Waals surface area contributed by atoms with Crippen LogP contribution in [0.15, 0.2) is 18.6 Å². The molecule has 0 aliphatic rings. The third kappa shape index (κ3) is 3.72. The number of nitrogens with zero attached hydrogens (tertiary/aromatic N) is 2. The quantitative estimate of drug-likeness (QED) is 0.734. The van der Waals surface area contributed by atoms with Crippen molar-refractivity contribution in [3.8, 4) is 0 Å². The summed E-state index contributed by atoms with van der Waals surface area (Å²) in [6.45, 7) is 0. The maximum absolute atomic E-state index is 10.5. The van der Waals surface area contributed by atoms with Crippen LogP contribution in [0.2, 0.25) is 0 Å². The van der Waals surface area contributed by atoms with E-state index in [2.05, 4.69) is 9.97 Å². The van der Waals surface area contributed by atoms with Crippen LogP contribution < -0.4 is 0 Å². The fourth-order valence-electron chi connectivity index (χ4n) is 1.22. The topological polar surface area (TPSA) is 100 Å². The van der Waals surface area contributed by atoms with Crippen molar-refractivity contribution in [1.82, 2.24) is 9.97 Å². The standard InChI is InChI=1S/C9H10N2O4/c12-8(13)3-6(4-9(14)15)7-5-10-1-2-11-7/h1-2,5-6H,3-4H2,(H,12,13)(H,14,15). The lowest BCUT2D eigenvalue weighted by Crippen LogP contribution is -2.12. The van der Waals surface area contributed by atoms with E-state index in [1.165, 1.54) is 18.6 Å². The summed E-state index contributed by atoms with van der Waals surface area (Å²) >= 11 is 0. The smallest absolute Gasteiger partial charge is 0.304 e. The largest absolute Gasteiger partial charge is 0.481 e. The maximum atomic E-state index is 10.5. The van der Waals surface area contributed by atoms with E-state index in [4.69, 9.17) is 10.2 Å². The number of carboxylic acid groups (broad SMARTS) is 2. The Hall–Kier alpha value is -1.98. The molecule has 0 saturated heterocycles. The molecule has 6 heteroatoms. The second-order valence-electron chi connectivity index (χ2n) is 3.02. The van der Waals surface area contributed by atoms with Gasteiger partial charge in [-0.3, -0.25) is 19.6 Å². The number of hydrogen-bond donors (Lipinski definition) is 2. The minimum absolute atomic E-state index is 0.259. The lowest BCUT2D eigenvalue weighted by Gasteiger charge is -2.10. The summed E-state index contributed by atoms with van der Waals surface area (Å²) in [6, 6.07) is 0. The Bertz CT molecular complexity index is 336. The first-order valence-electron chi connectivity index (χ1n) is 4.29. The van der Waals surface area contributed by atoms with Gasteiger partial charge < -0.3 is 10.2 Å². The number of rotatable bonds is 5. The Morgan fingerprint density at radius 1 is 1.20 bits per heavy atom. The second kappa shape index (κ2) is 5.04. The molecule has 0 bridgehead atoms. The van der Waals surface area contributed by atoms with Crippen molar-refractivity contribution >= 4 is 11.9 Å². The van der Waals surface area contributed by atoms with Crippen LogP contribution in [0.25, 0.3) is 0 Å². The van der Waals surface area contributed by atoms with Gasteiger partial charge in [0.2, 0.25) is 0 Å². The van der Waals surface area contributed by atoms with E-state index in [1.54, 1.807) is 0 Å². The van der Waals surface area contributed by atoms with Crippen LogP contribution in [-0.4, -0.2) is 32.1 Å². The Balaban J connectivity index is 2.81. The lowest BCUT2D eigenvalue weighted by atomic mass is 9.98. The predicted molar refractivity (Wildman–Crippen MR) is 49.3 cm³/mol. The molecule has 1 heterocycles. The summed E-state index contributed by atoms with van der Waals surface area (Å²) in [5.74, 6) is -2.73. The molecule has 0 saturated carbocycles. The van der Waals surface area contributed by atoms with Gasteiger partial charge in [0.05, 0.1) is 18.5 Å². The molecule has 1 rings (SSSR count). The molecule has 0 spiro atoms. The lowest BCUT2D eigenvalue weighted by molar-refractivity contribution is -0.139. The van der Waals surface area contributed by atoms with Gasteiger partial charge in [0.25, 0.3) is 0 Å². The summed E-state index contributed by atoms with van der Waals surface area (Å²) in [7, 11) is 0.